The van der Waals surface area contributed by atoms with Crippen molar-refractivity contribution in [1.29, 1.82) is 0 Å². The fourth-order valence-electron chi connectivity index (χ4n) is 1.65. The number of nitrogen functional groups attached to an aromatic ring is 1. The smallest absolute Gasteiger partial charge is 0.255 e. The molecule has 2 aromatic rings. The minimum Gasteiger partial charge on any atom is -0.394 e. The first-order chi connectivity index (χ1) is 9.79. The summed E-state index contributed by atoms with van der Waals surface area (Å²) in [4.78, 5) is 12.0. The highest BCUT2D eigenvalue weighted by Crippen LogP contribution is 2.29. The summed E-state index contributed by atoms with van der Waals surface area (Å²) in [6.07, 6.45) is 0. The maximum Gasteiger partial charge on any atom is 0.255 e. The van der Waals surface area contributed by atoms with E-state index in [0.29, 0.717) is 15.2 Å². The molecule has 110 valence electrons. The molecule has 0 saturated carbocycles. The number of carbonyl (C=O) groups is 1. The highest BCUT2D eigenvalue weighted by atomic mass is 79.9. The monoisotopic (exact) mass is 374 g/mol. The highest BCUT2D eigenvalue weighted by Gasteiger charge is 2.15. The van der Waals surface area contributed by atoms with Crippen LogP contribution in [0.1, 0.15) is 15.9 Å². The molecule has 3 nitrogen and oxygen atoms in total. The van der Waals surface area contributed by atoms with Crippen molar-refractivity contribution in [2.75, 3.05) is 11.1 Å². The Balaban J connectivity index is 2.32. The molecule has 0 heterocycles. The quantitative estimate of drug-likeness (QED) is 0.758. The molecule has 7 heteroatoms. The molecule has 0 radical (unpaired) electrons. The third-order valence-corrected chi connectivity index (χ3v) is 3.90. The summed E-state index contributed by atoms with van der Waals surface area (Å²) in [7, 11) is 0. The van der Waals surface area contributed by atoms with Gasteiger partial charge in [-0.1, -0.05) is 11.6 Å². The SMILES string of the molecule is Cc1cc(Br)c(NC(=O)c2cc(F)c(N)c(F)c2)cc1Cl. The molecule has 0 spiro atoms. The van der Waals surface area contributed by atoms with Crippen molar-refractivity contribution in [1.82, 2.24) is 0 Å². The minimum absolute atomic E-state index is 0.178. The van der Waals surface area contributed by atoms with Crippen molar-refractivity contribution < 1.29 is 13.6 Å². The molecule has 1 amide bonds. The number of amides is 1. The van der Waals surface area contributed by atoms with Gasteiger partial charge in [-0.3, -0.25) is 4.79 Å². The molecule has 0 aliphatic heterocycles. The van der Waals surface area contributed by atoms with Crippen molar-refractivity contribution >= 4 is 44.8 Å². The lowest BCUT2D eigenvalue weighted by Crippen LogP contribution is -2.14. The second-order valence-corrected chi connectivity index (χ2v) is 5.65. The number of hydrogen-bond acceptors (Lipinski definition) is 2. The number of aryl methyl sites for hydroxylation is 1. The summed E-state index contributed by atoms with van der Waals surface area (Å²) in [5.41, 5.74) is 5.58. The van der Waals surface area contributed by atoms with Gasteiger partial charge in [0, 0.05) is 15.1 Å². The lowest BCUT2D eigenvalue weighted by atomic mass is 10.1. The van der Waals surface area contributed by atoms with Crippen LogP contribution >= 0.6 is 27.5 Å². The molecule has 21 heavy (non-hydrogen) atoms. The number of nitrogens with one attached hydrogen (secondary N) is 1. The second kappa shape index (κ2) is 5.99. The lowest BCUT2D eigenvalue weighted by molar-refractivity contribution is 0.102. The predicted molar refractivity (Wildman–Crippen MR) is 82.6 cm³/mol. The van der Waals surface area contributed by atoms with E-state index in [9.17, 15) is 13.6 Å². The summed E-state index contributed by atoms with van der Waals surface area (Å²) in [5, 5.41) is 2.99. The van der Waals surface area contributed by atoms with Gasteiger partial charge in [-0.25, -0.2) is 8.78 Å². The Bertz CT molecular complexity index is 714. The van der Waals surface area contributed by atoms with Crippen molar-refractivity contribution in [3.8, 4) is 0 Å². The van der Waals surface area contributed by atoms with Crippen molar-refractivity contribution in [3.63, 3.8) is 0 Å². The van der Waals surface area contributed by atoms with Crippen molar-refractivity contribution in [3.05, 3.63) is 56.5 Å². The average molecular weight is 376 g/mol. The summed E-state index contributed by atoms with van der Waals surface area (Å²) in [6.45, 7) is 1.81. The van der Waals surface area contributed by atoms with Gasteiger partial charge >= 0.3 is 0 Å². The molecule has 2 aromatic carbocycles. The maximum atomic E-state index is 13.4. The van der Waals surface area contributed by atoms with Crippen molar-refractivity contribution in [2.24, 2.45) is 0 Å². The molecule has 2 rings (SSSR count). The van der Waals surface area contributed by atoms with Gasteiger partial charge in [-0.05, 0) is 52.7 Å². The van der Waals surface area contributed by atoms with Gasteiger partial charge in [0.25, 0.3) is 5.91 Å². The second-order valence-electron chi connectivity index (χ2n) is 4.39. The van der Waals surface area contributed by atoms with Crippen LogP contribution in [0.15, 0.2) is 28.7 Å². The van der Waals surface area contributed by atoms with Gasteiger partial charge < -0.3 is 11.1 Å². The molecule has 0 bridgehead atoms. The average Bonchev–Trinajstić information content (AvgIpc) is 2.41. The van der Waals surface area contributed by atoms with Gasteiger partial charge in [0.05, 0.1) is 5.69 Å². The van der Waals surface area contributed by atoms with E-state index < -0.39 is 23.2 Å². The maximum absolute atomic E-state index is 13.4. The first kappa shape index (κ1) is 15.7. The fraction of sp³-hybridized carbons (Fsp3) is 0.0714. The zero-order valence-electron chi connectivity index (χ0n) is 10.8. The van der Waals surface area contributed by atoms with Crippen LogP contribution in [-0.4, -0.2) is 5.91 Å². The summed E-state index contributed by atoms with van der Waals surface area (Å²) < 4.78 is 27.3. The lowest BCUT2D eigenvalue weighted by Gasteiger charge is -2.10. The molecule has 0 fully saturated rings. The third kappa shape index (κ3) is 3.33. The highest BCUT2D eigenvalue weighted by molar-refractivity contribution is 9.10. The molecule has 0 aliphatic carbocycles. The first-order valence-corrected chi connectivity index (χ1v) is 6.98. The Morgan fingerprint density at radius 2 is 1.81 bits per heavy atom. The number of nitrogens with two attached hydrogens (primary N) is 1. The summed E-state index contributed by atoms with van der Waals surface area (Å²) >= 11 is 9.26. The van der Waals surface area contributed by atoms with Crippen LogP contribution in [0, 0.1) is 18.6 Å². The van der Waals surface area contributed by atoms with Crippen LogP contribution in [0.4, 0.5) is 20.2 Å². The fourth-order valence-corrected chi connectivity index (χ4v) is 2.37. The standard InChI is InChI=1S/C14H10BrClF2N2O/c1-6-2-8(15)12(5-9(6)16)20-14(21)7-3-10(17)13(19)11(18)4-7/h2-5H,19H2,1H3,(H,20,21). The Morgan fingerprint density at radius 3 is 2.38 bits per heavy atom. The molecule has 0 aliphatic rings. The Kier molecular flexibility index (Phi) is 4.49. The van der Waals surface area contributed by atoms with E-state index in [2.05, 4.69) is 21.2 Å². The van der Waals surface area contributed by atoms with Gasteiger partial charge in [0.1, 0.15) is 17.3 Å². The Morgan fingerprint density at radius 1 is 1.24 bits per heavy atom. The van der Waals surface area contributed by atoms with E-state index >= 15 is 0 Å². The number of anilines is 2. The molecule has 0 atom stereocenters. The van der Waals surface area contributed by atoms with E-state index in [1.54, 1.807) is 12.1 Å². The van der Waals surface area contributed by atoms with E-state index in [1.165, 1.54) is 0 Å². The Labute approximate surface area is 133 Å². The van der Waals surface area contributed by atoms with Crippen LogP contribution in [0.3, 0.4) is 0 Å². The summed E-state index contributed by atoms with van der Waals surface area (Å²) in [5.74, 6) is -2.64. The first-order valence-electron chi connectivity index (χ1n) is 5.81. The van der Waals surface area contributed by atoms with E-state index in [4.69, 9.17) is 17.3 Å². The van der Waals surface area contributed by atoms with Gasteiger partial charge in [-0.2, -0.15) is 0 Å². The topological polar surface area (TPSA) is 55.1 Å². The van der Waals surface area contributed by atoms with Crippen LogP contribution in [0.25, 0.3) is 0 Å². The van der Waals surface area contributed by atoms with Crippen molar-refractivity contribution in [2.45, 2.75) is 6.92 Å². The number of hydrogen-bond donors (Lipinski definition) is 2. The largest absolute Gasteiger partial charge is 0.394 e. The van der Waals surface area contributed by atoms with Crippen LogP contribution < -0.4 is 11.1 Å². The zero-order chi connectivity index (χ0) is 15.7. The van der Waals surface area contributed by atoms with Gasteiger partial charge in [0.2, 0.25) is 0 Å². The van der Waals surface area contributed by atoms with Crippen LogP contribution in [0.5, 0.6) is 0 Å². The predicted octanol–water partition coefficient (Wildman–Crippen LogP) is 4.52. The van der Waals surface area contributed by atoms with Crippen LogP contribution in [0.2, 0.25) is 5.02 Å². The number of benzene rings is 2. The van der Waals surface area contributed by atoms with Gasteiger partial charge in [-0.15, -0.1) is 0 Å². The van der Waals surface area contributed by atoms with E-state index in [-0.39, 0.29) is 5.56 Å². The van der Waals surface area contributed by atoms with E-state index in [0.717, 1.165) is 17.7 Å². The summed E-state index contributed by atoms with van der Waals surface area (Å²) in [6, 6.07) is 5.01. The van der Waals surface area contributed by atoms with E-state index in [1.807, 2.05) is 6.92 Å². The van der Waals surface area contributed by atoms with Gasteiger partial charge in [0.15, 0.2) is 0 Å². The molecule has 0 aromatic heterocycles. The third-order valence-electron chi connectivity index (χ3n) is 2.84. The Hall–Kier alpha value is -1.66. The zero-order valence-corrected chi connectivity index (χ0v) is 13.1. The number of halogens is 4. The molecular weight excluding hydrogens is 366 g/mol. The number of carbonyl (C=O) groups excluding carboxylic acids is 1. The molecule has 3 N–H and O–H groups in total. The molecule has 0 unspecified atom stereocenters. The minimum atomic E-state index is -0.985. The molecule has 0 saturated heterocycles. The van der Waals surface area contributed by atoms with Crippen LogP contribution in [-0.2, 0) is 0 Å². The normalized spacial score (nSPS) is 10.5. The molecular formula is C14H10BrClF2N2O. The number of rotatable bonds is 2.